The van der Waals surface area contributed by atoms with Gasteiger partial charge < -0.3 is 20.5 Å². The highest BCUT2D eigenvalue weighted by Gasteiger charge is 2.27. The highest BCUT2D eigenvalue weighted by molar-refractivity contribution is 5.97. The van der Waals surface area contributed by atoms with Gasteiger partial charge in [0, 0.05) is 37.4 Å². The number of ketones is 1. The zero-order valence-corrected chi connectivity index (χ0v) is 24.0. The van der Waals surface area contributed by atoms with Crippen LogP contribution in [-0.4, -0.2) is 47.3 Å². The van der Waals surface area contributed by atoms with Crippen LogP contribution in [0.2, 0.25) is 0 Å². The molecule has 0 radical (unpaired) electrons. The van der Waals surface area contributed by atoms with Gasteiger partial charge in [0.25, 0.3) is 5.91 Å². The first-order chi connectivity index (χ1) is 19.0. The summed E-state index contributed by atoms with van der Waals surface area (Å²) in [6.07, 6.45) is 5.96. The number of aromatic nitrogens is 1. The standard InChI is InChI=1S/C23H34N4O5.C7H7F/c1-5-7-17(13-16-8-6-11-24-22(16)30)25-20(29)10-9-19(28)21(14(2)3)26-23(31)18-12-15(4)32-27-18;1-6-2-4-7(8)5-3-6/h5,7,12,14,16-17,21H,6,8-11,13H2,1-4H3,(H,24,30)(H,25,29)(H,26,31);2-5H,1H3/b7-5+;/t16-,17+,21?;/m0./s1. The number of hydrogen-bond acceptors (Lipinski definition) is 6. The van der Waals surface area contributed by atoms with Crippen molar-refractivity contribution in [3.63, 3.8) is 0 Å². The van der Waals surface area contributed by atoms with Gasteiger partial charge in [0.2, 0.25) is 11.8 Å². The number of piperidine rings is 1. The van der Waals surface area contributed by atoms with E-state index in [1.54, 1.807) is 19.1 Å². The normalized spacial score (nSPS) is 16.5. The van der Waals surface area contributed by atoms with E-state index in [-0.39, 0.29) is 59.8 Å². The molecule has 1 unspecified atom stereocenters. The molecule has 0 aliphatic carbocycles. The van der Waals surface area contributed by atoms with E-state index in [0.717, 1.165) is 18.4 Å². The van der Waals surface area contributed by atoms with Crippen LogP contribution in [0.25, 0.3) is 0 Å². The Morgan fingerprint density at radius 2 is 1.85 bits per heavy atom. The Morgan fingerprint density at radius 1 is 1.15 bits per heavy atom. The molecule has 1 aliphatic rings. The summed E-state index contributed by atoms with van der Waals surface area (Å²) in [5.74, 6) is -0.909. The second kappa shape index (κ2) is 16.3. The lowest BCUT2D eigenvalue weighted by molar-refractivity contribution is -0.128. The number of aryl methyl sites for hydroxylation is 2. The molecule has 3 atom stereocenters. The molecule has 0 bridgehead atoms. The molecule has 2 aromatic rings. The maximum Gasteiger partial charge on any atom is 0.274 e. The summed E-state index contributed by atoms with van der Waals surface area (Å²) >= 11 is 0. The summed E-state index contributed by atoms with van der Waals surface area (Å²) in [4.78, 5) is 49.6. The molecule has 1 saturated heterocycles. The molecule has 0 saturated carbocycles. The minimum Gasteiger partial charge on any atom is -0.361 e. The van der Waals surface area contributed by atoms with E-state index in [9.17, 15) is 23.6 Å². The van der Waals surface area contributed by atoms with Gasteiger partial charge in [-0.25, -0.2) is 4.39 Å². The first-order valence-electron chi connectivity index (χ1n) is 13.7. The molecular weight excluding hydrogens is 515 g/mol. The van der Waals surface area contributed by atoms with Crippen LogP contribution in [0.5, 0.6) is 0 Å². The number of nitrogens with one attached hydrogen (secondary N) is 3. The smallest absolute Gasteiger partial charge is 0.274 e. The van der Waals surface area contributed by atoms with Gasteiger partial charge in [-0.1, -0.05) is 48.9 Å². The van der Waals surface area contributed by atoms with E-state index in [0.29, 0.717) is 18.7 Å². The summed E-state index contributed by atoms with van der Waals surface area (Å²) in [6, 6.07) is 6.89. The Balaban J connectivity index is 0.000000598. The van der Waals surface area contributed by atoms with Crippen molar-refractivity contribution >= 4 is 23.5 Å². The second-order valence-corrected chi connectivity index (χ2v) is 10.3. The predicted octanol–water partition coefficient (Wildman–Crippen LogP) is 4.20. The largest absolute Gasteiger partial charge is 0.361 e. The van der Waals surface area contributed by atoms with Gasteiger partial charge in [0.05, 0.1) is 6.04 Å². The van der Waals surface area contributed by atoms with Crippen molar-refractivity contribution in [1.29, 1.82) is 0 Å². The minimum absolute atomic E-state index is 0.000717. The zero-order chi connectivity index (χ0) is 29.7. The monoisotopic (exact) mass is 556 g/mol. The van der Waals surface area contributed by atoms with Crippen LogP contribution in [0.4, 0.5) is 4.39 Å². The van der Waals surface area contributed by atoms with Crippen LogP contribution in [0.15, 0.2) is 47.0 Å². The summed E-state index contributed by atoms with van der Waals surface area (Å²) < 4.78 is 17.0. The Labute approximate surface area is 235 Å². The molecule has 3 rings (SSSR count). The number of carbonyl (C=O) groups excluding carboxylic acids is 4. The number of nitrogens with zero attached hydrogens (tertiary/aromatic N) is 1. The van der Waals surface area contributed by atoms with Crippen molar-refractivity contribution in [1.82, 2.24) is 21.1 Å². The van der Waals surface area contributed by atoms with Gasteiger partial charge in [-0.05, 0) is 58.1 Å². The summed E-state index contributed by atoms with van der Waals surface area (Å²) in [6.45, 7) is 9.81. The molecular formula is C30H41FN4O5. The third-order valence-corrected chi connectivity index (χ3v) is 6.48. The predicted molar refractivity (Wildman–Crippen MR) is 150 cm³/mol. The Morgan fingerprint density at radius 3 is 2.40 bits per heavy atom. The summed E-state index contributed by atoms with van der Waals surface area (Å²) in [5.41, 5.74) is 1.20. The van der Waals surface area contributed by atoms with E-state index in [2.05, 4.69) is 21.1 Å². The number of benzene rings is 1. The molecule has 3 N–H and O–H groups in total. The lowest BCUT2D eigenvalue weighted by Crippen LogP contribution is -2.45. The Kier molecular flexibility index (Phi) is 13.2. The highest BCUT2D eigenvalue weighted by Crippen LogP contribution is 2.18. The fourth-order valence-electron chi connectivity index (χ4n) is 4.30. The summed E-state index contributed by atoms with van der Waals surface area (Å²) in [7, 11) is 0. The summed E-state index contributed by atoms with van der Waals surface area (Å²) in [5, 5.41) is 12.1. The fraction of sp³-hybridized carbons (Fsp3) is 0.500. The Hall–Kier alpha value is -3.82. The average molecular weight is 557 g/mol. The van der Waals surface area contributed by atoms with Crippen LogP contribution < -0.4 is 16.0 Å². The minimum atomic E-state index is -0.732. The van der Waals surface area contributed by atoms with Crippen LogP contribution in [-0.2, 0) is 14.4 Å². The first kappa shape index (κ1) is 32.4. The van der Waals surface area contributed by atoms with E-state index in [4.69, 9.17) is 4.52 Å². The molecule has 0 spiro atoms. The van der Waals surface area contributed by atoms with Crippen molar-refractivity contribution in [2.75, 3.05) is 6.54 Å². The van der Waals surface area contributed by atoms with Crippen molar-refractivity contribution < 1.29 is 28.1 Å². The van der Waals surface area contributed by atoms with Crippen LogP contribution in [0, 0.1) is 31.5 Å². The zero-order valence-electron chi connectivity index (χ0n) is 24.0. The molecule has 2 heterocycles. The van der Waals surface area contributed by atoms with E-state index < -0.39 is 11.9 Å². The van der Waals surface area contributed by atoms with Crippen molar-refractivity contribution in [2.45, 2.75) is 78.8 Å². The number of rotatable bonds is 11. The van der Waals surface area contributed by atoms with Crippen molar-refractivity contribution in [3.8, 4) is 0 Å². The lowest BCUT2D eigenvalue weighted by atomic mass is 9.91. The second-order valence-electron chi connectivity index (χ2n) is 10.3. The van der Waals surface area contributed by atoms with Gasteiger partial charge in [-0.2, -0.15) is 0 Å². The molecule has 3 amide bonds. The molecule has 218 valence electrons. The highest BCUT2D eigenvalue weighted by atomic mass is 19.1. The third-order valence-electron chi connectivity index (χ3n) is 6.48. The van der Waals surface area contributed by atoms with Crippen LogP contribution >= 0.6 is 0 Å². The number of amides is 3. The van der Waals surface area contributed by atoms with Gasteiger partial charge >= 0.3 is 0 Å². The fourth-order valence-corrected chi connectivity index (χ4v) is 4.30. The van der Waals surface area contributed by atoms with E-state index in [1.165, 1.54) is 18.2 Å². The molecule has 1 aliphatic heterocycles. The third kappa shape index (κ3) is 11.1. The van der Waals surface area contributed by atoms with Gasteiger partial charge in [-0.15, -0.1) is 0 Å². The van der Waals surface area contributed by atoms with Crippen molar-refractivity contribution in [3.05, 3.63) is 65.3 Å². The molecule has 10 heteroatoms. The molecule has 1 fully saturated rings. The number of carbonyl (C=O) groups is 4. The van der Waals surface area contributed by atoms with E-state index in [1.807, 2.05) is 39.8 Å². The maximum absolute atomic E-state index is 12.7. The number of hydrogen-bond donors (Lipinski definition) is 3. The Bertz CT molecular complexity index is 1140. The SMILES string of the molecule is C/C=C/[C@H](C[C@@H]1CCCNC1=O)NC(=O)CCC(=O)C(NC(=O)c1cc(C)on1)C(C)C.Cc1ccc(F)cc1. The maximum atomic E-state index is 12.7. The van der Waals surface area contributed by atoms with Crippen LogP contribution in [0.3, 0.4) is 0 Å². The van der Waals surface area contributed by atoms with Gasteiger partial charge in [0.1, 0.15) is 11.6 Å². The van der Waals surface area contributed by atoms with Gasteiger partial charge in [0.15, 0.2) is 11.5 Å². The molecule has 1 aromatic carbocycles. The van der Waals surface area contributed by atoms with Gasteiger partial charge in [-0.3, -0.25) is 19.2 Å². The number of Topliss-reactive ketones (excluding diaryl/α,β-unsaturated/α-hetero) is 1. The van der Waals surface area contributed by atoms with E-state index >= 15 is 0 Å². The van der Waals surface area contributed by atoms with Crippen molar-refractivity contribution in [2.24, 2.45) is 11.8 Å². The lowest BCUT2D eigenvalue weighted by Gasteiger charge is -2.25. The number of allylic oxidation sites excluding steroid dienone is 1. The molecule has 9 nitrogen and oxygen atoms in total. The molecule has 1 aromatic heterocycles. The first-order valence-corrected chi connectivity index (χ1v) is 13.7. The quantitative estimate of drug-likeness (QED) is 0.356. The topological polar surface area (TPSA) is 130 Å². The molecule has 40 heavy (non-hydrogen) atoms. The number of halogens is 1. The average Bonchev–Trinajstić information content (AvgIpc) is 3.35. The van der Waals surface area contributed by atoms with Crippen LogP contribution in [0.1, 0.15) is 74.7 Å².